The standard InChI is InChI=1S/C26H19FN4O3/c1-15-12-18(16(2)30(15)19-9-10-22-17(13-19)6-5-11-28-22)14-20-24(32)29-26(34)31(25(20)33)23-8-4-3-7-21(23)27/h3-14H,1-2H3,(H,29,32,34)/b20-14+. The van der Waals surface area contributed by atoms with Gasteiger partial charge in [-0.2, -0.15) is 0 Å². The molecule has 0 unspecified atom stereocenters. The summed E-state index contributed by atoms with van der Waals surface area (Å²) in [5.74, 6) is -2.46. The molecule has 0 aliphatic carbocycles. The number of aromatic nitrogens is 2. The van der Waals surface area contributed by atoms with Gasteiger partial charge in [0.2, 0.25) is 0 Å². The normalized spacial score (nSPS) is 15.3. The minimum Gasteiger partial charge on any atom is -0.318 e. The van der Waals surface area contributed by atoms with Gasteiger partial charge in [0, 0.05) is 28.7 Å². The first-order valence-corrected chi connectivity index (χ1v) is 10.6. The third-order valence-corrected chi connectivity index (χ3v) is 5.81. The van der Waals surface area contributed by atoms with Crippen molar-refractivity contribution < 1.29 is 18.8 Å². The highest BCUT2D eigenvalue weighted by Crippen LogP contribution is 2.28. The van der Waals surface area contributed by atoms with Crippen LogP contribution in [-0.4, -0.2) is 27.4 Å². The summed E-state index contributed by atoms with van der Waals surface area (Å²) >= 11 is 0. The maximum atomic E-state index is 14.3. The third-order valence-electron chi connectivity index (χ3n) is 5.81. The first-order chi connectivity index (χ1) is 16.3. The van der Waals surface area contributed by atoms with E-state index in [0.29, 0.717) is 10.5 Å². The molecule has 1 aliphatic heterocycles. The monoisotopic (exact) mass is 454 g/mol. The van der Waals surface area contributed by atoms with Crippen molar-refractivity contribution in [3.63, 3.8) is 0 Å². The number of imide groups is 2. The van der Waals surface area contributed by atoms with E-state index in [1.807, 2.05) is 54.8 Å². The smallest absolute Gasteiger partial charge is 0.318 e. The number of urea groups is 1. The molecule has 0 atom stereocenters. The van der Waals surface area contributed by atoms with Gasteiger partial charge in [-0.05, 0) is 68.0 Å². The highest BCUT2D eigenvalue weighted by molar-refractivity contribution is 6.39. The molecule has 1 N–H and O–H groups in total. The SMILES string of the molecule is Cc1cc(/C=C2\C(=O)NC(=O)N(c3ccccc3F)C2=O)c(C)n1-c1ccc2ncccc2c1. The number of amides is 4. The molecule has 3 heterocycles. The van der Waals surface area contributed by atoms with Crippen molar-refractivity contribution in [1.29, 1.82) is 0 Å². The number of carbonyl (C=O) groups is 3. The molecule has 5 rings (SSSR count). The molecule has 0 radical (unpaired) electrons. The number of anilines is 1. The molecule has 1 saturated heterocycles. The second kappa shape index (κ2) is 8.08. The van der Waals surface area contributed by atoms with Gasteiger partial charge < -0.3 is 4.57 Å². The number of halogens is 1. The zero-order valence-electron chi connectivity index (χ0n) is 18.4. The van der Waals surface area contributed by atoms with Crippen molar-refractivity contribution in [2.24, 2.45) is 0 Å². The van der Waals surface area contributed by atoms with Gasteiger partial charge >= 0.3 is 6.03 Å². The summed E-state index contributed by atoms with van der Waals surface area (Å²) in [4.78, 5) is 43.0. The number of para-hydroxylation sites is 1. The van der Waals surface area contributed by atoms with E-state index in [-0.39, 0.29) is 11.3 Å². The molecule has 1 aliphatic rings. The van der Waals surface area contributed by atoms with E-state index in [4.69, 9.17) is 0 Å². The van der Waals surface area contributed by atoms with Crippen molar-refractivity contribution in [2.75, 3.05) is 4.90 Å². The van der Waals surface area contributed by atoms with Crippen LogP contribution in [0.4, 0.5) is 14.9 Å². The zero-order chi connectivity index (χ0) is 24.0. The fourth-order valence-electron chi connectivity index (χ4n) is 4.20. The van der Waals surface area contributed by atoms with Crippen LogP contribution >= 0.6 is 0 Å². The van der Waals surface area contributed by atoms with Gasteiger partial charge in [-0.15, -0.1) is 0 Å². The number of carbonyl (C=O) groups excluding carboxylic acids is 3. The van der Waals surface area contributed by atoms with Gasteiger partial charge in [0.05, 0.1) is 11.2 Å². The van der Waals surface area contributed by atoms with Crippen LogP contribution in [0, 0.1) is 19.7 Å². The average Bonchev–Trinajstić information content (AvgIpc) is 3.10. The second-order valence-corrected chi connectivity index (χ2v) is 7.95. The second-order valence-electron chi connectivity index (χ2n) is 7.95. The molecule has 2 aromatic heterocycles. The van der Waals surface area contributed by atoms with E-state index < -0.39 is 23.7 Å². The predicted molar refractivity (Wildman–Crippen MR) is 126 cm³/mol. The van der Waals surface area contributed by atoms with Crippen molar-refractivity contribution >= 4 is 40.5 Å². The Kier molecular flexibility index (Phi) is 5.05. The van der Waals surface area contributed by atoms with E-state index in [0.717, 1.165) is 34.0 Å². The molecule has 7 nitrogen and oxygen atoms in total. The van der Waals surface area contributed by atoms with Crippen molar-refractivity contribution in [1.82, 2.24) is 14.9 Å². The molecule has 34 heavy (non-hydrogen) atoms. The quantitative estimate of drug-likeness (QED) is 0.366. The van der Waals surface area contributed by atoms with Crippen LogP contribution in [0.5, 0.6) is 0 Å². The van der Waals surface area contributed by atoms with E-state index in [2.05, 4.69) is 10.3 Å². The maximum absolute atomic E-state index is 14.3. The van der Waals surface area contributed by atoms with Crippen LogP contribution < -0.4 is 10.2 Å². The lowest BCUT2D eigenvalue weighted by Gasteiger charge is -2.26. The number of nitrogens with one attached hydrogen (secondary N) is 1. The first kappa shape index (κ1) is 21.3. The van der Waals surface area contributed by atoms with Crippen LogP contribution in [0.3, 0.4) is 0 Å². The molecule has 8 heteroatoms. The van der Waals surface area contributed by atoms with E-state index in [1.165, 1.54) is 24.3 Å². The molecule has 0 saturated carbocycles. The van der Waals surface area contributed by atoms with E-state index >= 15 is 0 Å². The number of benzene rings is 2. The van der Waals surface area contributed by atoms with Crippen LogP contribution in [0.1, 0.15) is 17.0 Å². The molecule has 2 aromatic carbocycles. The minimum absolute atomic E-state index is 0.223. The van der Waals surface area contributed by atoms with Gasteiger partial charge in [0.15, 0.2) is 0 Å². The molecule has 1 fully saturated rings. The summed E-state index contributed by atoms with van der Waals surface area (Å²) in [5.41, 5.74) is 3.61. The van der Waals surface area contributed by atoms with Gasteiger partial charge in [-0.3, -0.25) is 19.9 Å². The topological polar surface area (TPSA) is 84.3 Å². The van der Waals surface area contributed by atoms with Gasteiger partial charge in [-0.1, -0.05) is 18.2 Å². The largest absolute Gasteiger partial charge is 0.336 e. The molecule has 4 aromatic rings. The molecular weight excluding hydrogens is 435 g/mol. The summed E-state index contributed by atoms with van der Waals surface area (Å²) in [6, 6.07) is 16.0. The Morgan fingerprint density at radius 2 is 1.76 bits per heavy atom. The number of pyridine rings is 1. The van der Waals surface area contributed by atoms with E-state index in [1.54, 1.807) is 6.20 Å². The Morgan fingerprint density at radius 1 is 0.971 bits per heavy atom. The molecule has 168 valence electrons. The number of nitrogens with zero attached hydrogens (tertiary/aromatic N) is 3. The van der Waals surface area contributed by atoms with Crippen LogP contribution in [0.2, 0.25) is 0 Å². The first-order valence-electron chi connectivity index (χ1n) is 10.6. The lowest BCUT2D eigenvalue weighted by molar-refractivity contribution is -0.122. The number of hydrogen-bond acceptors (Lipinski definition) is 4. The number of rotatable bonds is 3. The van der Waals surface area contributed by atoms with Gasteiger partial charge in [0.1, 0.15) is 11.4 Å². The Hall–Kier alpha value is -4.59. The summed E-state index contributed by atoms with van der Waals surface area (Å²) in [6.07, 6.45) is 3.17. The predicted octanol–water partition coefficient (Wildman–Crippen LogP) is 4.45. The number of fused-ring (bicyclic) bond motifs is 1. The number of aryl methyl sites for hydroxylation is 1. The Labute approximate surface area is 194 Å². The number of hydrogen-bond donors (Lipinski definition) is 1. The maximum Gasteiger partial charge on any atom is 0.336 e. The fraction of sp³-hybridized carbons (Fsp3) is 0.0769. The molecule has 4 amide bonds. The Bertz CT molecular complexity index is 1540. The summed E-state index contributed by atoms with van der Waals surface area (Å²) in [7, 11) is 0. The molecular formula is C26H19FN4O3. The molecule has 0 bridgehead atoms. The number of barbiturate groups is 1. The van der Waals surface area contributed by atoms with Crippen LogP contribution in [0.25, 0.3) is 22.7 Å². The lowest BCUT2D eigenvalue weighted by Crippen LogP contribution is -2.54. The van der Waals surface area contributed by atoms with Gasteiger partial charge in [-0.25, -0.2) is 14.1 Å². The zero-order valence-corrected chi connectivity index (χ0v) is 18.4. The van der Waals surface area contributed by atoms with Crippen molar-refractivity contribution in [3.05, 3.63) is 95.2 Å². The molecule has 0 spiro atoms. The summed E-state index contributed by atoms with van der Waals surface area (Å²) in [6.45, 7) is 3.79. The van der Waals surface area contributed by atoms with Gasteiger partial charge in [0.25, 0.3) is 11.8 Å². The van der Waals surface area contributed by atoms with Crippen LogP contribution in [0.15, 0.2) is 72.4 Å². The minimum atomic E-state index is -0.993. The Morgan fingerprint density at radius 3 is 2.56 bits per heavy atom. The third kappa shape index (κ3) is 3.45. The lowest BCUT2D eigenvalue weighted by atomic mass is 10.1. The fourth-order valence-corrected chi connectivity index (χ4v) is 4.20. The Balaban J connectivity index is 1.57. The summed E-state index contributed by atoms with van der Waals surface area (Å²) < 4.78 is 16.3. The summed E-state index contributed by atoms with van der Waals surface area (Å²) in [5, 5.41) is 3.11. The average molecular weight is 454 g/mol. The van der Waals surface area contributed by atoms with Crippen molar-refractivity contribution in [3.8, 4) is 5.69 Å². The highest BCUT2D eigenvalue weighted by atomic mass is 19.1. The van der Waals surface area contributed by atoms with Crippen molar-refractivity contribution in [2.45, 2.75) is 13.8 Å². The van der Waals surface area contributed by atoms with Crippen LogP contribution in [-0.2, 0) is 9.59 Å². The highest BCUT2D eigenvalue weighted by Gasteiger charge is 2.38. The van der Waals surface area contributed by atoms with E-state index in [9.17, 15) is 18.8 Å².